The number of carboxylic acid groups (broad SMARTS) is 1. The van der Waals surface area contributed by atoms with Crippen molar-refractivity contribution in [2.24, 2.45) is 0 Å². The molecule has 0 bridgehead atoms. The third kappa shape index (κ3) is 3.84. The molecule has 0 aromatic carbocycles. The van der Waals surface area contributed by atoms with E-state index in [1.807, 2.05) is 0 Å². The Morgan fingerprint density at radius 3 is 2.12 bits per heavy atom. The number of aliphatic hydroxyl groups excluding tert-OH is 7. The molecule has 26 heavy (non-hydrogen) atoms. The molecule has 12 nitrogen and oxygen atoms in total. The molecule has 0 radical (unpaired) electrons. The Hall–Kier alpha value is -0.930. The van der Waals surface area contributed by atoms with E-state index in [1.54, 1.807) is 0 Å². The van der Waals surface area contributed by atoms with Crippen molar-refractivity contribution in [3.05, 3.63) is 0 Å². The van der Waals surface area contributed by atoms with Crippen LogP contribution in [-0.4, -0.2) is 128 Å². The van der Waals surface area contributed by atoms with Gasteiger partial charge in [-0.25, -0.2) is 4.79 Å². The van der Waals surface area contributed by atoms with Gasteiger partial charge in [0.15, 0.2) is 6.10 Å². The monoisotopic (exact) mass is 384 g/mol. The summed E-state index contributed by atoms with van der Waals surface area (Å²) < 4.78 is 15.5. The van der Waals surface area contributed by atoms with Crippen molar-refractivity contribution in [1.82, 2.24) is 0 Å². The zero-order valence-corrected chi connectivity index (χ0v) is 13.7. The molecule has 0 aliphatic carbocycles. The molecule has 2 heterocycles. The molecule has 2 aliphatic heterocycles. The van der Waals surface area contributed by atoms with Crippen molar-refractivity contribution in [3.8, 4) is 0 Å². The van der Waals surface area contributed by atoms with Gasteiger partial charge < -0.3 is 55.1 Å². The number of rotatable bonds is 7. The third-order valence-corrected chi connectivity index (χ3v) is 4.66. The molecule has 8 N–H and O–H groups in total. The summed E-state index contributed by atoms with van der Waals surface area (Å²) in [5.74, 6) is -1.54. The van der Waals surface area contributed by atoms with Crippen LogP contribution in [0.4, 0.5) is 0 Å². The van der Waals surface area contributed by atoms with Gasteiger partial charge in [0.2, 0.25) is 0 Å². The maximum Gasteiger partial charge on any atom is 0.335 e. The second-order valence-electron chi connectivity index (χ2n) is 6.42. The molecule has 2 aliphatic rings. The highest BCUT2D eigenvalue weighted by Gasteiger charge is 2.54. The summed E-state index contributed by atoms with van der Waals surface area (Å²) in [5, 5.41) is 76.6. The average Bonchev–Trinajstić information content (AvgIpc) is 2.86. The second-order valence-corrected chi connectivity index (χ2v) is 6.42. The van der Waals surface area contributed by atoms with Crippen LogP contribution in [0.5, 0.6) is 0 Å². The molecular weight excluding hydrogens is 360 g/mol. The summed E-state index contributed by atoms with van der Waals surface area (Å²) >= 11 is 0. The average molecular weight is 384 g/mol. The van der Waals surface area contributed by atoms with E-state index in [-0.39, 0.29) is 0 Å². The molecule has 0 amide bonds. The first-order valence-electron chi connectivity index (χ1n) is 7.94. The molecule has 0 aromatic rings. The number of carbonyl (C=O) groups is 1. The van der Waals surface area contributed by atoms with Crippen LogP contribution in [0.3, 0.4) is 0 Å². The minimum absolute atomic E-state index is 0.466. The summed E-state index contributed by atoms with van der Waals surface area (Å²) in [6, 6.07) is 0. The zero-order valence-electron chi connectivity index (χ0n) is 13.7. The van der Waals surface area contributed by atoms with Gasteiger partial charge in [0.05, 0.1) is 26.4 Å². The topological polar surface area (TPSA) is 207 Å². The lowest BCUT2D eigenvalue weighted by atomic mass is 9.94. The fourth-order valence-electron chi connectivity index (χ4n) is 3.04. The number of aliphatic carboxylic acids is 1. The molecule has 0 aromatic heterocycles. The summed E-state index contributed by atoms with van der Waals surface area (Å²) in [6.45, 7) is -2.31. The lowest BCUT2D eigenvalue weighted by Gasteiger charge is -2.39. The van der Waals surface area contributed by atoms with Crippen LogP contribution in [-0.2, 0) is 19.0 Å². The van der Waals surface area contributed by atoms with Crippen molar-refractivity contribution in [2.75, 3.05) is 26.4 Å². The number of ether oxygens (including phenoxy) is 3. The van der Waals surface area contributed by atoms with Gasteiger partial charge in [0.25, 0.3) is 0 Å². The smallest absolute Gasteiger partial charge is 0.335 e. The molecule has 0 spiro atoms. The van der Waals surface area contributed by atoms with Crippen LogP contribution in [0, 0.1) is 0 Å². The maximum absolute atomic E-state index is 11.0. The minimum atomic E-state index is -1.83. The fraction of sp³-hybridized carbons (Fsp3) is 0.929. The Morgan fingerprint density at radius 1 is 0.962 bits per heavy atom. The van der Waals surface area contributed by atoms with Crippen molar-refractivity contribution in [3.63, 3.8) is 0 Å². The largest absolute Gasteiger partial charge is 0.479 e. The van der Waals surface area contributed by atoms with E-state index in [0.29, 0.717) is 0 Å². The van der Waals surface area contributed by atoms with Gasteiger partial charge >= 0.3 is 5.97 Å². The number of carboxylic acids is 1. The SMILES string of the molecule is O=C(O)C1O[C@H](COC[C@]2(CO)O[C@H](CO)C(O)[C@H]2O)C(O)[C@H](O)[C@@H]1O. The quantitative estimate of drug-likeness (QED) is 0.207. The molecule has 2 rings (SSSR count). The van der Waals surface area contributed by atoms with E-state index in [2.05, 4.69) is 0 Å². The Balaban J connectivity index is 1.98. The van der Waals surface area contributed by atoms with Gasteiger partial charge in [0.1, 0.15) is 48.3 Å². The molecule has 12 heteroatoms. The van der Waals surface area contributed by atoms with Gasteiger partial charge in [-0.05, 0) is 0 Å². The van der Waals surface area contributed by atoms with Gasteiger partial charge in [-0.2, -0.15) is 0 Å². The second kappa shape index (κ2) is 8.39. The van der Waals surface area contributed by atoms with Crippen molar-refractivity contribution < 1.29 is 59.9 Å². The standard InChI is InChI=1S/C14H24O12/c15-1-5-8(18)12(21)14(3-16,26-5)4-24-2-6-7(17)9(19)10(20)11(25-6)13(22)23/h5-12,15-21H,1-4H2,(H,22,23)/t5-,6-,7?,8?,9+,10+,11?,12-,14+/m1/s1. The van der Waals surface area contributed by atoms with Crippen LogP contribution in [0.2, 0.25) is 0 Å². The van der Waals surface area contributed by atoms with Crippen molar-refractivity contribution >= 4 is 5.97 Å². The highest BCUT2D eigenvalue weighted by Crippen LogP contribution is 2.32. The molecular formula is C14H24O12. The van der Waals surface area contributed by atoms with E-state index in [1.165, 1.54) is 0 Å². The molecule has 152 valence electrons. The first-order chi connectivity index (χ1) is 12.2. The number of hydrogen-bond acceptors (Lipinski definition) is 11. The van der Waals surface area contributed by atoms with Gasteiger partial charge in [0, 0.05) is 0 Å². The maximum atomic E-state index is 11.0. The third-order valence-electron chi connectivity index (χ3n) is 4.66. The first-order valence-corrected chi connectivity index (χ1v) is 7.94. The summed E-state index contributed by atoms with van der Waals surface area (Å²) in [5.41, 5.74) is -1.74. The fourth-order valence-corrected chi connectivity index (χ4v) is 3.04. The predicted molar refractivity (Wildman–Crippen MR) is 78.9 cm³/mol. The molecule has 9 atom stereocenters. The number of aliphatic hydroxyl groups is 7. The lowest BCUT2D eigenvalue weighted by molar-refractivity contribution is -0.240. The predicted octanol–water partition coefficient (Wildman–Crippen LogP) is -5.22. The zero-order chi connectivity index (χ0) is 19.6. The Bertz CT molecular complexity index is 489. The Morgan fingerprint density at radius 2 is 1.62 bits per heavy atom. The normalized spacial score (nSPS) is 46.4. The van der Waals surface area contributed by atoms with Gasteiger partial charge in [-0.15, -0.1) is 0 Å². The highest BCUT2D eigenvalue weighted by molar-refractivity contribution is 5.73. The summed E-state index contributed by atoms with van der Waals surface area (Å²) in [7, 11) is 0. The summed E-state index contributed by atoms with van der Waals surface area (Å²) in [4.78, 5) is 11.0. The number of hydrogen-bond donors (Lipinski definition) is 8. The van der Waals surface area contributed by atoms with Crippen LogP contribution < -0.4 is 0 Å². The van der Waals surface area contributed by atoms with Crippen LogP contribution in [0.15, 0.2) is 0 Å². The Kier molecular flexibility index (Phi) is 6.90. The lowest BCUT2D eigenvalue weighted by Crippen LogP contribution is -2.61. The summed E-state index contributed by atoms with van der Waals surface area (Å²) in [6.07, 6.45) is -12.5. The van der Waals surface area contributed by atoms with Crippen LogP contribution >= 0.6 is 0 Å². The molecule has 2 saturated heterocycles. The highest BCUT2D eigenvalue weighted by atomic mass is 16.6. The van der Waals surface area contributed by atoms with Gasteiger partial charge in [-0.3, -0.25) is 0 Å². The van der Waals surface area contributed by atoms with Crippen LogP contribution in [0.25, 0.3) is 0 Å². The van der Waals surface area contributed by atoms with E-state index in [9.17, 15) is 35.4 Å². The van der Waals surface area contributed by atoms with E-state index >= 15 is 0 Å². The minimum Gasteiger partial charge on any atom is -0.479 e. The van der Waals surface area contributed by atoms with Crippen LogP contribution in [0.1, 0.15) is 0 Å². The van der Waals surface area contributed by atoms with E-state index in [0.717, 1.165) is 0 Å². The van der Waals surface area contributed by atoms with E-state index in [4.69, 9.17) is 24.4 Å². The van der Waals surface area contributed by atoms with Gasteiger partial charge in [-0.1, -0.05) is 0 Å². The Labute approximate surface area is 147 Å². The van der Waals surface area contributed by atoms with Crippen molar-refractivity contribution in [1.29, 1.82) is 0 Å². The molecule has 3 unspecified atom stereocenters. The first kappa shape index (κ1) is 21.4. The van der Waals surface area contributed by atoms with Crippen molar-refractivity contribution in [2.45, 2.75) is 54.4 Å². The van der Waals surface area contributed by atoms with E-state index < -0.39 is 86.8 Å². The molecule has 2 fully saturated rings. The molecule has 0 saturated carbocycles.